The molecule has 1 N–H and O–H groups in total. The van der Waals surface area contributed by atoms with E-state index in [-0.39, 0.29) is 22.9 Å². The Morgan fingerprint density at radius 3 is 2.50 bits per heavy atom. The van der Waals surface area contributed by atoms with Crippen LogP contribution in [-0.4, -0.2) is 35.1 Å². The Morgan fingerprint density at radius 1 is 1.08 bits per heavy atom. The van der Waals surface area contributed by atoms with Crippen molar-refractivity contribution >= 4 is 56.4 Å². The van der Waals surface area contributed by atoms with Crippen LogP contribution in [0.3, 0.4) is 0 Å². The average Bonchev–Trinajstić information content (AvgIpc) is 3.36. The summed E-state index contributed by atoms with van der Waals surface area (Å²) in [6, 6.07) is 14.3. The van der Waals surface area contributed by atoms with E-state index in [4.69, 9.17) is 21.2 Å². The number of hydroxylamine groups is 1. The normalized spacial score (nSPS) is 21.1. The van der Waals surface area contributed by atoms with Crippen LogP contribution in [0.2, 0.25) is 5.02 Å². The number of fused-ring (bicyclic) bond motifs is 1. The molecule has 2 fully saturated rings. The number of carbonyl (C=O) groups is 2. The number of carbonyl (C=O) groups excluding carboxylic acids is 2. The van der Waals surface area contributed by atoms with Gasteiger partial charge in [0, 0.05) is 17.2 Å². The molecular weight excluding hydrogens is 558 g/mol. The van der Waals surface area contributed by atoms with Gasteiger partial charge in [0.2, 0.25) is 5.91 Å². The first kappa shape index (κ1) is 24.0. The van der Waals surface area contributed by atoms with Gasteiger partial charge in [-0.05, 0) is 57.9 Å². The number of nitro benzene ring substituents is 1. The minimum Gasteiger partial charge on any atom is -0.503 e. The molecule has 3 atom stereocenters. The number of nitro groups is 1. The summed E-state index contributed by atoms with van der Waals surface area (Å²) in [5.74, 6) is -2.13. The first-order valence-corrected chi connectivity index (χ1v) is 11.8. The van der Waals surface area contributed by atoms with Crippen LogP contribution in [-0.2, 0) is 14.4 Å². The van der Waals surface area contributed by atoms with Crippen LogP contribution >= 0.6 is 27.5 Å². The number of rotatable bonds is 5. The van der Waals surface area contributed by atoms with E-state index in [1.807, 2.05) is 0 Å². The van der Waals surface area contributed by atoms with E-state index in [9.17, 15) is 24.8 Å². The predicted molar refractivity (Wildman–Crippen MR) is 133 cm³/mol. The second-order valence-corrected chi connectivity index (χ2v) is 9.44. The molecule has 0 bridgehead atoms. The molecule has 0 aromatic heterocycles. The number of ether oxygens (including phenoxy) is 1. The van der Waals surface area contributed by atoms with E-state index in [1.54, 1.807) is 30.3 Å². The Morgan fingerprint density at radius 2 is 1.81 bits per heavy atom. The SMILES string of the molecule is COc1cc([C@H]2[C@@H]3C(=O)N(c4cccc(Cl)c4)C(=O)[C@H]3ON2c2cccc([N+](=O)[O-])c2)cc(Br)c1O. The summed E-state index contributed by atoms with van der Waals surface area (Å²) in [6.07, 6.45) is -1.20. The second-order valence-electron chi connectivity index (χ2n) is 8.14. The van der Waals surface area contributed by atoms with Crippen molar-refractivity contribution in [1.29, 1.82) is 0 Å². The van der Waals surface area contributed by atoms with Crippen molar-refractivity contribution in [2.75, 3.05) is 17.1 Å². The predicted octanol–water partition coefficient (Wildman–Crippen LogP) is 4.78. The lowest BCUT2D eigenvalue weighted by molar-refractivity contribution is -0.384. The molecule has 2 heterocycles. The molecule has 3 aromatic rings. The fraction of sp³-hybridized carbons (Fsp3) is 0.167. The van der Waals surface area contributed by atoms with Crippen LogP contribution in [0.25, 0.3) is 0 Å². The summed E-state index contributed by atoms with van der Waals surface area (Å²) in [6.45, 7) is 0. The molecule has 3 aromatic carbocycles. The van der Waals surface area contributed by atoms with Crippen molar-refractivity contribution in [3.8, 4) is 11.5 Å². The monoisotopic (exact) mass is 573 g/mol. The van der Waals surface area contributed by atoms with Gasteiger partial charge in [-0.1, -0.05) is 23.7 Å². The van der Waals surface area contributed by atoms with Gasteiger partial charge in [0.1, 0.15) is 5.92 Å². The van der Waals surface area contributed by atoms with Crippen LogP contribution in [0, 0.1) is 16.0 Å². The number of phenols is 1. The van der Waals surface area contributed by atoms with Crippen molar-refractivity contribution in [3.05, 3.63) is 85.8 Å². The van der Waals surface area contributed by atoms with Gasteiger partial charge in [-0.3, -0.25) is 24.5 Å². The molecule has 10 nitrogen and oxygen atoms in total. The second kappa shape index (κ2) is 9.08. The molecule has 2 aliphatic heterocycles. The summed E-state index contributed by atoms with van der Waals surface area (Å²) in [4.78, 5) is 45.0. The van der Waals surface area contributed by atoms with Crippen LogP contribution in [0.15, 0.2) is 65.1 Å². The van der Waals surface area contributed by atoms with Gasteiger partial charge in [0.25, 0.3) is 11.6 Å². The number of nitrogens with zero attached hydrogens (tertiary/aromatic N) is 3. The highest BCUT2D eigenvalue weighted by Gasteiger charge is 2.60. The molecule has 0 saturated carbocycles. The maximum absolute atomic E-state index is 13.7. The molecule has 0 radical (unpaired) electrons. The summed E-state index contributed by atoms with van der Waals surface area (Å²) in [7, 11) is 1.38. The standard InChI is InChI=1S/C24H17BrClN3O7/c1-35-18-9-12(8-17(25)21(18)30)20-19-22(36-28(20)15-6-3-7-16(11-15)29(33)34)24(32)27(23(19)31)14-5-2-4-13(26)10-14/h2-11,19-20,22,30H,1H3/t19-,20-,22-/m0/s1. The lowest BCUT2D eigenvalue weighted by Gasteiger charge is -2.29. The average molecular weight is 575 g/mol. The summed E-state index contributed by atoms with van der Waals surface area (Å²) >= 11 is 9.38. The van der Waals surface area contributed by atoms with Crippen molar-refractivity contribution in [2.24, 2.45) is 5.92 Å². The van der Waals surface area contributed by atoms with Gasteiger partial charge in [-0.25, -0.2) is 9.96 Å². The van der Waals surface area contributed by atoms with Gasteiger partial charge in [0.15, 0.2) is 17.6 Å². The Kier molecular flexibility index (Phi) is 6.07. The third-order valence-corrected chi connectivity index (χ3v) is 6.93. The maximum atomic E-state index is 13.7. The maximum Gasteiger partial charge on any atom is 0.271 e. The molecule has 2 aliphatic rings. The number of hydrogen-bond donors (Lipinski definition) is 1. The smallest absolute Gasteiger partial charge is 0.271 e. The molecular formula is C24H17BrClN3O7. The highest BCUT2D eigenvalue weighted by Crippen LogP contribution is 2.50. The molecule has 2 amide bonds. The van der Waals surface area contributed by atoms with Crippen LogP contribution in [0.5, 0.6) is 11.5 Å². The van der Waals surface area contributed by atoms with Crippen molar-refractivity contribution in [2.45, 2.75) is 12.1 Å². The molecule has 0 unspecified atom stereocenters. The number of halogens is 2. The summed E-state index contributed by atoms with van der Waals surface area (Å²) in [5.41, 5.74) is 0.876. The number of anilines is 2. The number of non-ortho nitro benzene ring substituents is 1. The number of methoxy groups -OCH3 is 1. The molecule has 36 heavy (non-hydrogen) atoms. The van der Waals surface area contributed by atoms with E-state index < -0.39 is 34.8 Å². The van der Waals surface area contributed by atoms with Crippen LogP contribution in [0.1, 0.15) is 11.6 Å². The first-order valence-electron chi connectivity index (χ1n) is 10.6. The van der Waals surface area contributed by atoms with Crippen LogP contribution in [0.4, 0.5) is 17.1 Å². The zero-order chi connectivity index (χ0) is 25.7. The molecule has 12 heteroatoms. The number of hydrogen-bond acceptors (Lipinski definition) is 8. The van der Waals surface area contributed by atoms with E-state index in [1.165, 1.54) is 42.5 Å². The minimum atomic E-state index is -1.20. The number of aromatic hydroxyl groups is 1. The van der Waals surface area contributed by atoms with Crippen LogP contribution < -0.4 is 14.7 Å². The molecule has 5 rings (SSSR count). The van der Waals surface area contributed by atoms with Crippen molar-refractivity contribution < 1.29 is 29.2 Å². The molecule has 2 saturated heterocycles. The number of amides is 2. The molecule has 0 spiro atoms. The fourth-order valence-electron chi connectivity index (χ4n) is 4.51. The van der Waals surface area contributed by atoms with E-state index in [0.29, 0.717) is 20.7 Å². The Labute approximate surface area is 217 Å². The van der Waals surface area contributed by atoms with Gasteiger partial charge in [-0.15, -0.1) is 0 Å². The van der Waals surface area contributed by atoms with Gasteiger partial charge >= 0.3 is 0 Å². The zero-order valence-corrected chi connectivity index (χ0v) is 20.8. The van der Waals surface area contributed by atoms with E-state index in [2.05, 4.69) is 15.9 Å². The first-order chi connectivity index (χ1) is 17.2. The zero-order valence-electron chi connectivity index (χ0n) is 18.5. The molecule has 184 valence electrons. The quantitative estimate of drug-likeness (QED) is 0.263. The minimum absolute atomic E-state index is 0.130. The number of phenolic OH excluding ortho intramolecular Hbond substituents is 1. The topological polar surface area (TPSA) is 122 Å². The largest absolute Gasteiger partial charge is 0.503 e. The molecule has 0 aliphatic carbocycles. The highest BCUT2D eigenvalue weighted by atomic mass is 79.9. The number of benzene rings is 3. The fourth-order valence-corrected chi connectivity index (χ4v) is 5.16. The van der Waals surface area contributed by atoms with Crippen molar-refractivity contribution in [3.63, 3.8) is 0 Å². The summed E-state index contributed by atoms with van der Waals surface area (Å²) < 4.78 is 5.57. The lowest BCUT2D eigenvalue weighted by atomic mass is 9.90. The Balaban J connectivity index is 1.65. The lowest BCUT2D eigenvalue weighted by Crippen LogP contribution is -2.37. The van der Waals surface area contributed by atoms with E-state index >= 15 is 0 Å². The highest BCUT2D eigenvalue weighted by molar-refractivity contribution is 9.10. The summed E-state index contributed by atoms with van der Waals surface area (Å²) in [5, 5.41) is 23.4. The van der Waals surface area contributed by atoms with Crippen molar-refractivity contribution in [1.82, 2.24) is 0 Å². The van der Waals surface area contributed by atoms with Gasteiger partial charge in [-0.2, -0.15) is 0 Å². The Bertz CT molecular complexity index is 1420. The van der Waals surface area contributed by atoms with Gasteiger partial charge < -0.3 is 9.84 Å². The van der Waals surface area contributed by atoms with E-state index in [0.717, 1.165) is 4.90 Å². The number of imide groups is 1. The van der Waals surface area contributed by atoms with Gasteiger partial charge in [0.05, 0.1) is 33.9 Å². The third kappa shape index (κ3) is 3.85. The Hall–Kier alpha value is -3.67. The third-order valence-electron chi connectivity index (χ3n) is 6.09.